The molecule has 0 bridgehead atoms. The second kappa shape index (κ2) is 10.0. The van der Waals surface area contributed by atoms with E-state index in [2.05, 4.69) is 30.6 Å². The number of rotatable bonds is 7. The number of aromatic nitrogens is 4. The second-order valence-corrected chi connectivity index (χ2v) is 9.29. The van der Waals surface area contributed by atoms with Crippen molar-refractivity contribution in [1.29, 1.82) is 0 Å². The van der Waals surface area contributed by atoms with Gasteiger partial charge in [-0.2, -0.15) is 4.39 Å². The number of nitrogens with one attached hydrogen (secondary N) is 2. The fraction of sp³-hybridized carbons (Fsp3) is 0.115. The maximum Gasteiger partial charge on any atom is 0.255 e. The molecule has 5 rings (SSSR count). The fourth-order valence-corrected chi connectivity index (χ4v) is 4.70. The molecule has 0 aliphatic rings. The van der Waals surface area contributed by atoms with E-state index in [9.17, 15) is 9.18 Å². The van der Waals surface area contributed by atoms with Gasteiger partial charge in [0.1, 0.15) is 18.0 Å². The van der Waals surface area contributed by atoms with Crippen molar-refractivity contribution < 1.29 is 9.18 Å². The van der Waals surface area contributed by atoms with Crippen molar-refractivity contribution in [2.75, 3.05) is 11.1 Å². The number of nitrogens with zero attached hydrogens (tertiary/aromatic N) is 4. The average molecular weight is 500 g/mol. The van der Waals surface area contributed by atoms with Gasteiger partial charge in [0.2, 0.25) is 5.95 Å². The van der Waals surface area contributed by atoms with E-state index >= 15 is 0 Å². The van der Waals surface area contributed by atoms with E-state index in [4.69, 9.17) is 5.73 Å². The number of nitrogen functional groups attached to an aromatic ring is 1. The van der Waals surface area contributed by atoms with Crippen LogP contribution in [-0.2, 0) is 6.54 Å². The van der Waals surface area contributed by atoms with Gasteiger partial charge < -0.3 is 16.4 Å². The van der Waals surface area contributed by atoms with Gasteiger partial charge in [0, 0.05) is 27.5 Å². The number of hydrogen-bond donors (Lipinski definition) is 3. The Bertz CT molecular complexity index is 1540. The first-order valence-electron chi connectivity index (χ1n) is 11.2. The van der Waals surface area contributed by atoms with Gasteiger partial charge in [-0.3, -0.25) is 4.79 Å². The maximum atomic E-state index is 13.1. The van der Waals surface area contributed by atoms with Crippen LogP contribution in [-0.4, -0.2) is 25.8 Å². The van der Waals surface area contributed by atoms with Crippen LogP contribution in [0.15, 0.2) is 73.3 Å². The molecule has 0 unspecified atom stereocenters. The lowest BCUT2D eigenvalue weighted by Crippen LogP contribution is -2.27. The first-order chi connectivity index (χ1) is 17.5. The SMILES string of the molecule is C[C@H](NC(=O)c1cccnc1NCc1ccc(-c2ccc3ncnc(N)c3c2)s1)c1ccc(F)nc1. The summed E-state index contributed by atoms with van der Waals surface area (Å²) in [7, 11) is 0. The Morgan fingerprint density at radius 2 is 1.97 bits per heavy atom. The van der Waals surface area contributed by atoms with Crippen LogP contribution in [0, 0.1) is 5.95 Å². The van der Waals surface area contributed by atoms with Crippen molar-refractivity contribution in [3.8, 4) is 10.4 Å². The van der Waals surface area contributed by atoms with Crippen molar-refractivity contribution in [2.45, 2.75) is 19.5 Å². The first kappa shape index (κ1) is 23.3. The third kappa shape index (κ3) is 4.98. The van der Waals surface area contributed by atoms with Crippen molar-refractivity contribution in [1.82, 2.24) is 25.3 Å². The predicted octanol–water partition coefficient (Wildman–Crippen LogP) is 4.97. The van der Waals surface area contributed by atoms with E-state index in [1.807, 2.05) is 37.3 Å². The highest BCUT2D eigenvalue weighted by molar-refractivity contribution is 7.15. The molecule has 0 fully saturated rings. The minimum atomic E-state index is -0.563. The number of amides is 1. The molecule has 0 aliphatic heterocycles. The van der Waals surface area contributed by atoms with Gasteiger partial charge in [0.15, 0.2) is 0 Å². The zero-order valence-electron chi connectivity index (χ0n) is 19.3. The summed E-state index contributed by atoms with van der Waals surface area (Å²) in [5.74, 6) is 0.0769. The highest BCUT2D eigenvalue weighted by Gasteiger charge is 2.16. The number of anilines is 2. The van der Waals surface area contributed by atoms with Crippen LogP contribution in [0.2, 0.25) is 0 Å². The van der Waals surface area contributed by atoms with Gasteiger partial charge in [0.25, 0.3) is 5.91 Å². The van der Waals surface area contributed by atoms with Crippen molar-refractivity contribution >= 4 is 39.8 Å². The van der Waals surface area contributed by atoms with E-state index in [1.165, 1.54) is 18.6 Å². The number of benzene rings is 1. The Balaban J connectivity index is 1.28. The van der Waals surface area contributed by atoms with Gasteiger partial charge >= 0.3 is 0 Å². The Labute approximate surface area is 210 Å². The number of hydrogen-bond acceptors (Lipinski definition) is 8. The van der Waals surface area contributed by atoms with Gasteiger partial charge in [-0.25, -0.2) is 19.9 Å². The summed E-state index contributed by atoms with van der Waals surface area (Å²) in [6.07, 6.45) is 4.50. The van der Waals surface area contributed by atoms with Crippen LogP contribution < -0.4 is 16.4 Å². The van der Waals surface area contributed by atoms with Crippen LogP contribution in [0.5, 0.6) is 0 Å². The molecule has 0 saturated carbocycles. The van der Waals surface area contributed by atoms with E-state index in [-0.39, 0.29) is 11.9 Å². The number of carbonyl (C=O) groups excluding carboxylic acids is 1. The molecule has 180 valence electrons. The zero-order valence-corrected chi connectivity index (χ0v) is 20.1. The summed E-state index contributed by atoms with van der Waals surface area (Å²) in [5.41, 5.74) is 8.97. The van der Waals surface area contributed by atoms with Crippen molar-refractivity contribution in [2.24, 2.45) is 0 Å². The standard InChI is InChI=1S/C26H22FN7OS/c1-15(17-5-9-23(27)30-12-17)34-26(35)19-3-2-10-29-25(19)31-13-18-6-8-22(36-18)16-4-7-21-20(11-16)24(28)33-14-32-21/h2-12,14-15H,13H2,1H3,(H,29,31)(H,34,35)(H2,28,32,33)/t15-/m0/s1. The highest BCUT2D eigenvalue weighted by Crippen LogP contribution is 2.31. The molecular weight excluding hydrogens is 477 g/mol. The molecule has 4 aromatic heterocycles. The predicted molar refractivity (Wildman–Crippen MR) is 139 cm³/mol. The summed E-state index contributed by atoms with van der Waals surface area (Å²) < 4.78 is 13.1. The largest absolute Gasteiger partial charge is 0.383 e. The molecule has 1 amide bonds. The third-order valence-electron chi connectivity index (χ3n) is 5.69. The molecule has 4 N–H and O–H groups in total. The summed E-state index contributed by atoms with van der Waals surface area (Å²) in [4.78, 5) is 31.4. The van der Waals surface area contributed by atoms with Gasteiger partial charge in [0.05, 0.1) is 23.7 Å². The van der Waals surface area contributed by atoms with E-state index < -0.39 is 5.95 Å². The highest BCUT2D eigenvalue weighted by atomic mass is 32.1. The van der Waals surface area contributed by atoms with E-state index in [0.29, 0.717) is 29.3 Å². The fourth-order valence-electron chi connectivity index (χ4n) is 3.76. The average Bonchev–Trinajstić information content (AvgIpc) is 3.37. The third-order valence-corrected chi connectivity index (χ3v) is 6.83. The lowest BCUT2D eigenvalue weighted by Gasteiger charge is -2.16. The first-order valence-corrected chi connectivity index (χ1v) is 12.0. The smallest absolute Gasteiger partial charge is 0.255 e. The molecule has 8 nitrogen and oxygen atoms in total. The Hall–Kier alpha value is -4.44. The van der Waals surface area contributed by atoms with Crippen molar-refractivity contribution in [3.63, 3.8) is 0 Å². The minimum Gasteiger partial charge on any atom is -0.383 e. The summed E-state index contributed by atoms with van der Waals surface area (Å²) >= 11 is 1.63. The summed E-state index contributed by atoms with van der Waals surface area (Å²) in [5, 5.41) is 7.00. The van der Waals surface area contributed by atoms with E-state index in [0.717, 1.165) is 26.2 Å². The van der Waals surface area contributed by atoms with Gasteiger partial charge in [-0.15, -0.1) is 11.3 Å². The number of pyridine rings is 2. The number of halogens is 1. The minimum absolute atomic E-state index is 0.287. The van der Waals surface area contributed by atoms with Crippen LogP contribution in [0.3, 0.4) is 0 Å². The monoisotopic (exact) mass is 499 g/mol. The van der Waals surface area contributed by atoms with Crippen LogP contribution in [0.25, 0.3) is 21.3 Å². The number of carbonyl (C=O) groups is 1. The maximum absolute atomic E-state index is 13.1. The molecule has 4 heterocycles. The zero-order chi connectivity index (χ0) is 25.1. The van der Waals surface area contributed by atoms with Crippen LogP contribution in [0.4, 0.5) is 16.0 Å². The second-order valence-electron chi connectivity index (χ2n) is 8.12. The molecule has 5 aromatic rings. The Morgan fingerprint density at radius 3 is 2.81 bits per heavy atom. The topological polar surface area (TPSA) is 119 Å². The van der Waals surface area contributed by atoms with Gasteiger partial charge in [-0.05, 0) is 60.5 Å². The molecule has 36 heavy (non-hydrogen) atoms. The number of thiophene rings is 1. The lowest BCUT2D eigenvalue weighted by atomic mass is 10.1. The molecule has 0 spiro atoms. The normalized spacial score (nSPS) is 11.8. The van der Waals surface area contributed by atoms with Crippen LogP contribution in [0.1, 0.15) is 33.8 Å². The molecular formula is C26H22FN7OS. The molecule has 1 aromatic carbocycles. The molecule has 0 aliphatic carbocycles. The quantitative estimate of drug-likeness (QED) is 0.271. The molecule has 0 radical (unpaired) electrons. The number of fused-ring (bicyclic) bond motifs is 1. The Kier molecular flexibility index (Phi) is 6.50. The van der Waals surface area contributed by atoms with Crippen LogP contribution >= 0.6 is 11.3 Å². The van der Waals surface area contributed by atoms with Gasteiger partial charge in [-0.1, -0.05) is 12.1 Å². The lowest BCUT2D eigenvalue weighted by molar-refractivity contribution is 0.0940. The Morgan fingerprint density at radius 1 is 1.08 bits per heavy atom. The molecule has 1 atom stereocenters. The van der Waals surface area contributed by atoms with E-state index in [1.54, 1.807) is 35.7 Å². The molecule has 0 saturated heterocycles. The number of nitrogens with two attached hydrogens (primary N) is 1. The summed E-state index contributed by atoms with van der Waals surface area (Å²) in [6, 6.07) is 16.0. The van der Waals surface area contributed by atoms with Crippen molar-refractivity contribution in [3.05, 3.63) is 95.3 Å². The summed E-state index contributed by atoms with van der Waals surface area (Å²) in [6.45, 7) is 2.31. The molecule has 10 heteroatoms.